The quantitative estimate of drug-likeness (QED) is 0.715. The molecule has 0 radical (unpaired) electrons. The Kier molecular flexibility index (Phi) is 3.82. The first-order valence-corrected chi connectivity index (χ1v) is 10.3. The van der Waals surface area contributed by atoms with E-state index in [4.69, 9.17) is 0 Å². The second-order valence-corrected chi connectivity index (χ2v) is 9.03. The minimum Gasteiger partial charge on any atom is -0.310 e. The van der Waals surface area contributed by atoms with E-state index in [2.05, 4.69) is 10.6 Å². The third-order valence-electron chi connectivity index (χ3n) is 7.84. The summed E-state index contributed by atoms with van der Waals surface area (Å²) in [5.41, 5.74) is 0. The highest BCUT2D eigenvalue weighted by molar-refractivity contribution is 5.89. The van der Waals surface area contributed by atoms with Crippen LogP contribution in [0, 0.1) is 23.7 Å². The molecular formula is C20H30N2O2. The molecule has 5 fully saturated rings. The lowest BCUT2D eigenvalue weighted by Crippen LogP contribution is -2.67. The van der Waals surface area contributed by atoms with Gasteiger partial charge in [0.1, 0.15) is 11.6 Å². The van der Waals surface area contributed by atoms with Gasteiger partial charge in [-0.2, -0.15) is 0 Å². The lowest BCUT2D eigenvalue weighted by atomic mass is 9.61. The van der Waals surface area contributed by atoms with Crippen molar-refractivity contribution in [2.45, 2.75) is 88.4 Å². The number of hydrogen-bond acceptors (Lipinski definition) is 4. The zero-order valence-electron chi connectivity index (χ0n) is 14.5. The number of nitrogens with one attached hydrogen (secondary N) is 2. The molecule has 8 unspecified atom stereocenters. The van der Waals surface area contributed by atoms with Crippen LogP contribution in [0.2, 0.25) is 0 Å². The van der Waals surface area contributed by atoms with Crippen LogP contribution in [0.25, 0.3) is 0 Å². The Morgan fingerprint density at radius 3 is 1.42 bits per heavy atom. The van der Waals surface area contributed by atoms with E-state index < -0.39 is 0 Å². The van der Waals surface area contributed by atoms with Gasteiger partial charge in [0.2, 0.25) is 0 Å². The van der Waals surface area contributed by atoms with Crippen LogP contribution in [-0.4, -0.2) is 35.7 Å². The SMILES string of the molecule is O=C1C2CCCCC2NC2CC3C(=O)C4CCCCC4NC3CC12. The van der Waals surface area contributed by atoms with Crippen molar-refractivity contribution in [3.05, 3.63) is 0 Å². The predicted molar refractivity (Wildman–Crippen MR) is 91.6 cm³/mol. The predicted octanol–water partition coefficient (Wildman–Crippen LogP) is 2.21. The molecule has 0 aromatic carbocycles. The molecule has 2 aliphatic heterocycles. The first-order valence-electron chi connectivity index (χ1n) is 10.3. The largest absolute Gasteiger partial charge is 0.310 e. The fraction of sp³-hybridized carbons (Fsp3) is 0.900. The van der Waals surface area contributed by atoms with E-state index in [0.29, 0.717) is 23.7 Å². The monoisotopic (exact) mass is 330 g/mol. The van der Waals surface area contributed by atoms with Crippen LogP contribution >= 0.6 is 0 Å². The first-order chi connectivity index (χ1) is 11.7. The zero-order chi connectivity index (χ0) is 16.3. The molecule has 0 aromatic rings. The van der Waals surface area contributed by atoms with Crippen molar-refractivity contribution in [2.75, 3.05) is 0 Å². The van der Waals surface area contributed by atoms with Crippen molar-refractivity contribution in [3.63, 3.8) is 0 Å². The van der Waals surface area contributed by atoms with Gasteiger partial charge in [0.25, 0.3) is 0 Å². The van der Waals surface area contributed by atoms with Crippen LogP contribution in [0.1, 0.15) is 64.2 Å². The molecule has 4 nitrogen and oxygen atoms in total. The molecule has 2 heterocycles. The van der Waals surface area contributed by atoms with Gasteiger partial charge in [-0.05, 0) is 38.5 Å². The summed E-state index contributed by atoms with van der Waals surface area (Å²) in [6.45, 7) is 0. The Balaban J connectivity index is 1.38. The third-order valence-corrected chi connectivity index (χ3v) is 7.84. The van der Waals surface area contributed by atoms with Gasteiger partial charge in [-0.25, -0.2) is 0 Å². The molecule has 24 heavy (non-hydrogen) atoms. The first kappa shape index (κ1) is 15.5. The fourth-order valence-electron chi connectivity index (χ4n) is 6.64. The van der Waals surface area contributed by atoms with Crippen LogP contribution < -0.4 is 10.6 Å². The minimum absolute atomic E-state index is 0.144. The van der Waals surface area contributed by atoms with E-state index in [9.17, 15) is 9.59 Å². The number of Topliss-reactive ketones (excluding diaryl/α,β-unsaturated/α-hetero) is 2. The molecule has 3 saturated carbocycles. The van der Waals surface area contributed by atoms with Gasteiger partial charge in [-0.15, -0.1) is 0 Å². The topological polar surface area (TPSA) is 58.2 Å². The molecule has 3 aliphatic carbocycles. The maximum absolute atomic E-state index is 13.1. The van der Waals surface area contributed by atoms with E-state index in [0.717, 1.165) is 38.5 Å². The lowest BCUT2D eigenvalue weighted by Gasteiger charge is -2.53. The summed E-state index contributed by atoms with van der Waals surface area (Å²) in [6.07, 6.45) is 11.1. The van der Waals surface area contributed by atoms with Crippen LogP contribution in [0.15, 0.2) is 0 Å². The van der Waals surface area contributed by atoms with Gasteiger partial charge < -0.3 is 10.6 Å². The molecule has 0 aromatic heterocycles. The number of rotatable bonds is 0. The molecular weight excluding hydrogens is 300 g/mol. The van der Waals surface area contributed by atoms with E-state index in [1.54, 1.807) is 0 Å². The lowest BCUT2D eigenvalue weighted by molar-refractivity contribution is -0.143. The summed E-state index contributed by atoms with van der Waals surface area (Å²) >= 11 is 0. The van der Waals surface area contributed by atoms with E-state index in [-0.39, 0.29) is 35.8 Å². The van der Waals surface area contributed by atoms with Crippen LogP contribution in [0.5, 0.6) is 0 Å². The zero-order valence-corrected chi connectivity index (χ0v) is 14.5. The van der Waals surface area contributed by atoms with Crippen LogP contribution in [0.3, 0.4) is 0 Å². The van der Waals surface area contributed by atoms with Gasteiger partial charge >= 0.3 is 0 Å². The minimum atomic E-state index is 0.144. The molecule has 0 bridgehead atoms. The Morgan fingerprint density at radius 1 is 0.542 bits per heavy atom. The van der Waals surface area contributed by atoms with Crippen molar-refractivity contribution in [1.29, 1.82) is 0 Å². The fourth-order valence-corrected chi connectivity index (χ4v) is 6.64. The number of carbonyl (C=O) groups is 2. The molecule has 0 amide bonds. The summed E-state index contributed by atoms with van der Waals surface area (Å²) < 4.78 is 0. The number of piperidine rings is 2. The normalized spacial score (nSPS) is 51.2. The van der Waals surface area contributed by atoms with Crippen LogP contribution in [-0.2, 0) is 9.59 Å². The number of carbonyl (C=O) groups excluding carboxylic acids is 2. The number of hydrogen-bond donors (Lipinski definition) is 2. The Hall–Kier alpha value is -0.740. The van der Waals surface area contributed by atoms with Crippen LogP contribution in [0.4, 0.5) is 0 Å². The Morgan fingerprint density at radius 2 is 0.958 bits per heavy atom. The molecule has 5 aliphatic rings. The molecule has 132 valence electrons. The van der Waals surface area contributed by atoms with Crippen molar-refractivity contribution in [2.24, 2.45) is 23.7 Å². The molecule has 8 atom stereocenters. The van der Waals surface area contributed by atoms with Gasteiger partial charge in [0.15, 0.2) is 0 Å². The summed E-state index contributed by atoms with van der Waals surface area (Å²) in [5, 5.41) is 7.63. The Bertz CT molecular complexity index is 500. The maximum atomic E-state index is 13.1. The highest BCUT2D eigenvalue weighted by Crippen LogP contribution is 2.44. The number of ketones is 2. The Labute approximate surface area is 144 Å². The summed E-state index contributed by atoms with van der Waals surface area (Å²) in [6, 6.07) is 1.28. The smallest absolute Gasteiger partial charge is 0.142 e. The van der Waals surface area contributed by atoms with Gasteiger partial charge in [0, 0.05) is 47.8 Å². The average molecular weight is 330 g/mol. The standard InChI is InChI=1S/C20H30N2O2/c23-19-11-5-1-3-7-15(11)21-17-10-14-18(9-13(17)19)22-16-8-4-2-6-12(16)20(14)24/h11-18,21-22H,1-10H2. The second-order valence-electron chi connectivity index (χ2n) is 9.03. The molecule has 5 rings (SSSR count). The van der Waals surface area contributed by atoms with Crippen molar-refractivity contribution >= 4 is 11.6 Å². The maximum Gasteiger partial charge on any atom is 0.142 e. The molecule has 2 saturated heterocycles. The summed E-state index contributed by atoms with van der Waals surface area (Å²) in [4.78, 5) is 26.2. The van der Waals surface area contributed by atoms with Gasteiger partial charge in [0.05, 0.1) is 0 Å². The van der Waals surface area contributed by atoms with Crippen molar-refractivity contribution < 1.29 is 9.59 Å². The highest BCUT2D eigenvalue weighted by atomic mass is 16.1. The van der Waals surface area contributed by atoms with E-state index >= 15 is 0 Å². The van der Waals surface area contributed by atoms with E-state index in [1.807, 2.05) is 0 Å². The molecule has 2 N–H and O–H groups in total. The van der Waals surface area contributed by atoms with Crippen molar-refractivity contribution in [3.8, 4) is 0 Å². The highest BCUT2D eigenvalue weighted by Gasteiger charge is 2.53. The molecule has 0 spiro atoms. The van der Waals surface area contributed by atoms with Gasteiger partial charge in [-0.1, -0.05) is 25.7 Å². The van der Waals surface area contributed by atoms with Gasteiger partial charge in [-0.3, -0.25) is 9.59 Å². The van der Waals surface area contributed by atoms with Crippen molar-refractivity contribution in [1.82, 2.24) is 10.6 Å². The van der Waals surface area contributed by atoms with E-state index in [1.165, 1.54) is 25.7 Å². The third kappa shape index (κ3) is 2.33. The second kappa shape index (κ2) is 5.91. The molecule has 4 heteroatoms. The summed E-state index contributed by atoms with van der Waals surface area (Å²) in [5.74, 6) is 1.82. The summed E-state index contributed by atoms with van der Waals surface area (Å²) in [7, 11) is 0. The number of fused-ring (bicyclic) bond motifs is 4. The average Bonchev–Trinajstić information content (AvgIpc) is 2.62.